The summed E-state index contributed by atoms with van der Waals surface area (Å²) in [5, 5.41) is 11.7. The second-order valence-corrected chi connectivity index (χ2v) is 6.05. The predicted molar refractivity (Wildman–Crippen MR) is 101 cm³/mol. The molecule has 0 unspecified atom stereocenters. The molecule has 0 amide bonds. The molecule has 0 aliphatic rings. The van der Waals surface area contributed by atoms with Gasteiger partial charge in [0.15, 0.2) is 5.82 Å². The van der Waals surface area contributed by atoms with Crippen molar-refractivity contribution >= 4 is 22.3 Å². The zero-order valence-electron chi connectivity index (χ0n) is 14.8. The number of benzene rings is 2. The molecule has 1 N–H and O–H groups in total. The minimum absolute atomic E-state index is 0.152. The third kappa shape index (κ3) is 2.47. The van der Waals surface area contributed by atoms with Crippen molar-refractivity contribution in [1.29, 1.82) is 0 Å². The van der Waals surface area contributed by atoms with Gasteiger partial charge in [0.05, 0.1) is 18.1 Å². The molecule has 4 rings (SSSR count). The van der Waals surface area contributed by atoms with Gasteiger partial charge in [-0.2, -0.15) is 4.98 Å². The second kappa shape index (κ2) is 6.28. The molecular weight excluding hydrogens is 346 g/mol. The number of rotatable bonds is 3. The van der Waals surface area contributed by atoms with Crippen molar-refractivity contribution in [3.63, 3.8) is 0 Å². The smallest absolute Gasteiger partial charge is 0.337 e. The number of aromatic hydroxyl groups is 1. The first-order chi connectivity index (χ1) is 13.1. The monoisotopic (exact) mass is 363 g/mol. The lowest BCUT2D eigenvalue weighted by molar-refractivity contribution is 0.0600. The fraction of sp³-hybridized carbons (Fsp3) is 0.150. The van der Waals surface area contributed by atoms with Crippen molar-refractivity contribution in [2.45, 2.75) is 13.5 Å². The fourth-order valence-corrected chi connectivity index (χ4v) is 3.32. The number of aromatic nitrogens is 3. The number of carbonyl (C=O) groups is 1. The molecule has 0 radical (unpaired) electrons. The zero-order valence-corrected chi connectivity index (χ0v) is 14.8. The number of nitrogens with zero attached hydrogens (tertiary/aromatic N) is 3. The number of imidazole rings is 1. The third-order valence-electron chi connectivity index (χ3n) is 4.59. The Morgan fingerprint density at radius 2 is 1.78 bits per heavy atom. The van der Waals surface area contributed by atoms with Crippen molar-refractivity contribution in [3.05, 3.63) is 64.4 Å². The van der Waals surface area contributed by atoms with Gasteiger partial charge in [0.25, 0.3) is 5.56 Å². The molecular formula is C20H17N3O4. The number of esters is 1. The van der Waals surface area contributed by atoms with Gasteiger partial charge in [-0.15, -0.1) is 0 Å². The minimum Gasteiger partial charge on any atom is -0.492 e. The first-order valence-corrected chi connectivity index (χ1v) is 8.48. The molecule has 2 aromatic heterocycles. The maximum atomic E-state index is 12.9. The van der Waals surface area contributed by atoms with Crippen LogP contribution in [-0.4, -0.2) is 32.4 Å². The Morgan fingerprint density at radius 3 is 2.41 bits per heavy atom. The molecule has 0 bridgehead atoms. The van der Waals surface area contributed by atoms with Crippen LogP contribution in [0.4, 0.5) is 0 Å². The van der Waals surface area contributed by atoms with Crippen LogP contribution in [0.1, 0.15) is 17.3 Å². The molecule has 0 atom stereocenters. The van der Waals surface area contributed by atoms with Crippen LogP contribution in [0.15, 0.2) is 53.3 Å². The number of aryl methyl sites for hydroxylation is 1. The number of fused-ring (bicyclic) bond motifs is 3. The SMILES string of the molecule is CCn1c(=O)c2ccccc2c2c(O)nc(-c3ccc(C(=O)OC)cc3)n21. The van der Waals surface area contributed by atoms with Gasteiger partial charge >= 0.3 is 5.97 Å². The van der Waals surface area contributed by atoms with Gasteiger partial charge in [-0.1, -0.05) is 30.3 Å². The Morgan fingerprint density at radius 1 is 1.11 bits per heavy atom. The van der Waals surface area contributed by atoms with Crippen LogP contribution in [0.3, 0.4) is 0 Å². The highest BCUT2D eigenvalue weighted by Gasteiger charge is 2.20. The van der Waals surface area contributed by atoms with Gasteiger partial charge in [-0.05, 0) is 25.1 Å². The minimum atomic E-state index is -0.436. The summed E-state index contributed by atoms with van der Waals surface area (Å²) in [5.41, 5.74) is 1.38. The maximum Gasteiger partial charge on any atom is 0.337 e. The average molecular weight is 363 g/mol. The van der Waals surface area contributed by atoms with E-state index >= 15 is 0 Å². The molecule has 27 heavy (non-hydrogen) atoms. The van der Waals surface area contributed by atoms with E-state index in [1.165, 1.54) is 11.8 Å². The van der Waals surface area contributed by atoms with Crippen molar-refractivity contribution in [1.82, 2.24) is 14.2 Å². The molecule has 0 aliphatic carbocycles. The number of carbonyl (C=O) groups excluding carboxylic acids is 1. The first-order valence-electron chi connectivity index (χ1n) is 8.48. The molecule has 2 aromatic carbocycles. The van der Waals surface area contributed by atoms with Crippen molar-refractivity contribution < 1.29 is 14.6 Å². The number of methoxy groups -OCH3 is 1. The standard InChI is InChI=1S/C20H17N3O4/c1-3-22-19(25)15-7-5-4-6-14(15)16-18(24)21-17(23(16)22)12-8-10-13(11-9-12)20(26)27-2/h4-11,24H,3H2,1-2H3. The summed E-state index contributed by atoms with van der Waals surface area (Å²) in [6, 6.07) is 13.8. The molecule has 7 heteroatoms. The Kier molecular flexibility index (Phi) is 3.92. The van der Waals surface area contributed by atoms with E-state index in [0.29, 0.717) is 39.8 Å². The molecule has 0 saturated carbocycles. The molecule has 0 fully saturated rings. The molecule has 4 aromatic rings. The Labute approximate surface area is 154 Å². The quantitative estimate of drug-likeness (QED) is 0.566. The fourth-order valence-electron chi connectivity index (χ4n) is 3.32. The molecule has 2 heterocycles. The second-order valence-electron chi connectivity index (χ2n) is 6.05. The van der Waals surface area contributed by atoms with E-state index in [-0.39, 0.29) is 11.4 Å². The molecule has 0 aliphatic heterocycles. The lowest BCUT2D eigenvalue weighted by atomic mass is 10.1. The topological polar surface area (TPSA) is 85.8 Å². The van der Waals surface area contributed by atoms with E-state index in [2.05, 4.69) is 4.98 Å². The summed E-state index contributed by atoms with van der Waals surface area (Å²) in [5.74, 6) is -0.169. The normalized spacial score (nSPS) is 11.2. The van der Waals surface area contributed by atoms with Gasteiger partial charge in [0.2, 0.25) is 5.88 Å². The van der Waals surface area contributed by atoms with Crippen LogP contribution in [0.25, 0.3) is 27.7 Å². The largest absolute Gasteiger partial charge is 0.492 e. The van der Waals surface area contributed by atoms with Crippen molar-refractivity contribution in [3.8, 4) is 17.3 Å². The highest BCUT2D eigenvalue weighted by Crippen LogP contribution is 2.30. The predicted octanol–water partition coefficient (Wildman–Crippen LogP) is 2.83. The number of ether oxygens (including phenoxy) is 1. The van der Waals surface area contributed by atoms with Crippen molar-refractivity contribution in [2.24, 2.45) is 0 Å². The maximum absolute atomic E-state index is 12.9. The van der Waals surface area contributed by atoms with Crippen LogP contribution in [0.2, 0.25) is 0 Å². The van der Waals surface area contributed by atoms with Gasteiger partial charge in [-0.25, -0.2) is 14.0 Å². The van der Waals surface area contributed by atoms with E-state index in [1.807, 2.05) is 13.0 Å². The summed E-state index contributed by atoms with van der Waals surface area (Å²) in [7, 11) is 1.32. The lowest BCUT2D eigenvalue weighted by Gasteiger charge is -2.12. The Hall–Kier alpha value is -3.61. The highest BCUT2D eigenvalue weighted by molar-refractivity contribution is 5.98. The summed E-state index contributed by atoms with van der Waals surface area (Å²) in [4.78, 5) is 28.9. The molecule has 7 nitrogen and oxygen atoms in total. The first kappa shape index (κ1) is 16.8. The van der Waals surface area contributed by atoms with Crippen LogP contribution in [-0.2, 0) is 11.3 Å². The van der Waals surface area contributed by atoms with Crippen LogP contribution < -0.4 is 5.56 Å². The van der Waals surface area contributed by atoms with Gasteiger partial charge in [-0.3, -0.25) is 4.79 Å². The lowest BCUT2D eigenvalue weighted by Crippen LogP contribution is -2.26. The van der Waals surface area contributed by atoms with Crippen LogP contribution in [0, 0.1) is 0 Å². The summed E-state index contributed by atoms with van der Waals surface area (Å²) in [6.07, 6.45) is 0. The third-order valence-corrected chi connectivity index (χ3v) is 4.59. The summed E-state index contributed by atoms with van der Waals surface area (Å²) >= 11 is 0. The summed E-state index contributed by atoms with van der Waals surface area (Å²) < 4.78 is 7.88. The van der Waals surface area contributed by atoms with Crippen LogP contribution in [0.5, 0.6) is 5.88 Å². The van der Waals surface area contributed by atoms with E-state index in [9.17, 15) is 14.7 Å². The Balaban J connectivity index is 2.06. The van der Waals surface area contributed by atoms with Gasteiger partial charge in [0, 0.05) is 17.5 Å². The number of hydrogen-bond donors (Lipinski definition) is 1. The average Bonchev–Trinajstić information content (AvgIpc) is 3.05. The zero-order chi connectivity index (χ0) is 19.1. The van der Waals surface area contributed by atoms with E-state index in [0.717, 1.165) is 0 Å². The summed E-state index contributed by atoms with van der Waals surface area (Å²) in [6.45, 7) is 2.26. The van der Waals surface area contributed by atoms with E-state index in [4.69, 9.17) is 4.74 Å². The number of hydrogen-bond acceptors (Lipinski definition) is 5. The van der Waals surface area contributed by atoms with E-state index < -0.39 is 5.97 Å². The van der Waals surface area contributed by atoms with Crippen LogP contribution >= 0.6 is 0 Å². The Bertz CT molecular complexity index is 1240. The molecule has 136 valence electrons. The van der Waals surface area contributed by atoms with Gasteiger partial charge in [0.1, 0.15) is 5.52 Å². The van der Waals surface area contributed by atoms with E-state index in [1.54, 1.807) is 47.0 Å². The molecule has 0 spiro atoms. The molecule has 0 saturated heterocycles. The van der Waals surface area contributed by atoms with Crippen molar-refractivity contribution in [2.75, 3.05) is 7.11 Å². The highest BCUT2D eigenvalue weighted by atomic mass is 16.5. The van der Waals surface area contributed by atoms with Gasteiger partial charge < -0.3 is 9.84 Å².